The summed E-state index contributed by atoms with van der Waals surface area (Å²) in [6.07, 6.45) is 3.37. The maximum atomic E-state index is 4.99. The molecule has 140 valence electrons. The van der Waals surface area contributed by atoms with Gasteiger partial charge in [0.1, 0.15) is 5.82 Å². The van der Waals surface area contributed by atoms with Crippen LogP contribution in [0.3, 0.4) is 0 Å². The minimum atomic E-state index is 0.745. The predicted molar refractivity (Wildman–Crippen MR) is 111 cm³/mol. The maximum Gasteiger partial charge on any atom is 0.177 e. The Kier molecular flexibility index (Phi) is 3.69. The molecule has 0 fully saturated rings. The van der Waals surface area contributed by atoms with Crippen molar-refractivity contribution in [3.05, 3.63) is 65.1 Å². The molecule has 0 atom stereocenters. The second kappa shape index (κ2) is 6.12. The molecule has 0 radical (unpaired) electrons. The van der Waals surface area contributed by atoms with Crippen molar-refractivity contribution in [2.75, 3.05) is 0 Å². The molecule has 5 rings (SSSR count). The summed E-state index contributed by atoms with van der Waals surface area (Å²) < 4.78 is 4.09. The SMILES string of the molecule is Cc1cc2ccccc2c2nc(CCc3nc4c(C)ncc(C)n4n3)n(C)c12. The minimum absolute atomic E-state index is 0.745. The van der Waals surface area contributed by atoms with Gasteiger partial charge in [0.05, 0.1) is 22.4 Å². The molecule has 0 saturated heterocycles. The van der Waals surface area contributed by atoms with E-state index < -0.39 is 0 Å². The van der Waals surface area contributed by atoms with Crippen LogP contribution in [0, 0.1) is 20.8 Å². The molecule has 0 saturated carbocycles. The van der Waals surface area contributed by atoms with Crippen LogP contribution < -0.4 is 0 Å². The van der Waals surface area contributed by atoms with Gasteiger partial charge >= 0.3 is 0 Å². The van der Waals surface area contributed by atoms with E-state index in [1.165, 1.54) is 21.9 Å². The monoisotopic (exact) mass is 370 g/mol. The summed E-state index contributed by atoms with van der Waals surface area (Å²) in [4.78, 5) is 14.1. The van der Waals surface area contributed by atoms with E-state index in [-0.39, 0.29) is 0 Å². The first kappa shape index (κ1) is 16.9. The van der Waals surface area contributed by atoms with E-state index in [1.807, 2.05) is 24.6 Å². The van der Waals surface area contributed by atoms with Crippen LogP contribution in [0.5, 0.6) is 0 Å². The Morgan fingerprint density at radius 2 is 1.82 bits per heavy atom. The lowest BCUT2D eigenvalue weighted by Crippen LogP contribution is -2.02. The molecule has 0 N–H and O–H groups in total. The number of fused-ring (bicyclic) bond motifs is 4. The second-order valence-electron chi connectivity index (χ2n) is 7.45. The zero-order valence-electron chi connectivity index (χ0n) is 16.6. The summed E-state index contributed by atoms with van der Waals surface area (Å²) >= 11 is 0. The summed E-state index contributed by atoms with van der Waals surface area (Å²) in [6.45, 7) is 6.12. The van der Waals surface area contributed by atoms with Gasteiger partial charge in [-0.15, -0.1) is 0 Å². The molecule has 0 bridgehead atoms. The first-order valence-corrected chi connectivity index (χ1v) is 9.54. The van der Waals surface area contributed by atoms with Gasteiger partial charge in [0.15, 0.2) is 11.5 Å². The zero-order valence-corrected chi connectivity index (χ0v) is 16.6. The average molecular weight is 370 g/mol. The smallest absolute Gasteiger partial charge is 0.177 e. The summed E-state index contributed by atoms with van der Waals surface area (Å²) in [6, 6.07) is 10.7. The fourth-order valence-corrected chi connectivity index (χ4v) is 4.01. The van der Waals surface area contributed by atoms with Crippen LogP contribution in [0.15, 0.2) is 36.5 Å². The van der Waals surface area contributed by atoms with Crippen LogP contribution >= 0.6 is 0 Å². The van der Waals surface area contributed by atoms with Crippen LogP contribution in [-0.2, 0) is 19.9 Å². The number of aryl methyl sites for hydroxylation is 6. The predicted octanol–water partition coefficient (Wildman–Crippen LogP) is 3.87. The third-order valence-corrected chi connectivity index (χ3v) is 5.48. The van der Waals surface area contributed by atoms with Crippen molar-refractivity contribution in [3.8, 4) is 0 Å². The number of aromatic nitrogens is 6. The molecular formula is C22H22N6. The Morgan fingerprint density at radius 3 is 2.64 bits per heavy atom. The van der Waals surface area contributed by atoms with Crippen LogP contribution in [0.4, 0.5) is 0 Å². The molecule has 0 unspecified atom stereocenters. The van der Waals surface area contributed by atoms with Crippen LogP contribution in [-0.4, -0.2) is 29.1 Å². The molecule has 0 spiro atoms. The molecule has 28 heavy (non-hydrogen) atoms. The number of benzene rings is 2. The fraction of sp³-hybridized carbons (Fsp3) is 0.273. The van der Waals surface area contributed by atoms with Crippen molar-refractivity contribution < 1.29 is 0 Å². The Hall–Kier alpha value is -3.28. The van der Waals surface area contributed by atoms with Gasteiger partial charge in [-0.2, -0.15) is 5.10 Å². The van der Waals surface area contributed by atoms with Crippen molar-refractivity contribution in [2.45, 2.75) is 33.6 Å². The van der Waals surface area contributed by atoms with Gasteiger partial charge in [-0.05, 0) is 37.8 Å². The lowest BCUT2D eigenvalue weighted by atomic mass is 10.1. The van der Waals surface area contributed by atoms with Crippen molar-refractivity contribution in [3.63, 3.8) is 0 Å². The molecule has 0 aliphatic heterocycles. The van der Waals surface area contributed by atoms with E-state index in [2.05, 4.69) is 59.0 Å². The molecule has 3 aromatic heterocycles. The van der Waals surface area contributed by atoms with Crippen LogP contribution in [0.25, 0.3) is 27.5 Å². The Bertz CT molecular complexity index is 1320. The number of hydrogen-bond donors (Lipinski definition) is 0. The summed E-state index contributed by atoms with van der Waals surface area (Å²) in [5.74, 6) is 1.88. The third-order valence-electron chi connectivity index (χ3n) is 5.48. The van der Waals surface area contributed by atoms with E-state index in [0.29, 0.717) is 0 Å². The van der Waals surface area contributed by atoms with Gasteiger partial charge in [0.2, 0.25) is 0 Å². The lowest BCUT2D eigenvalue weighted by Gasteiger charge is -2.05. The van der Waals surface area contributed by atoms with Crippen molar-refractivity contribution >= 4 is 27.5 Å². The number of hydrogen-bond acceptors (Lipinski definition) is 4. The normalized spacial score (nSPS) is 11.9. The molecular weight excluding hydrogens is 348 g/mol. The highest BCUT2D eigenvalue weighted by Gasteiger charge is 2.15. The highest BCUT2D eigenvalue weighted by molar-refractivity contribution is 6.05. The van der Waals surface area contributed by atoms with Gasteiger partial charge in [-0.1, -0.05) is 24.3 Å². The van der Waals surface area contributed by atoms with E-state index in [9.17, 15) is 0 Å². The van der Waals surface area contributed by atoms with Gasteiger partial charge in [0.25, 0.3) is 0 Å². The lowest BCUT2D eigenvalue weighted by molar-refractivity contribution is 0.751. The standard InChI is InChI=1S/C22H22N6/c1-13-11-16-7-5-6-8-17(16)20-21(13)27(4)19(25-20)10-9-18-24-22-15(3)23-12-14(2)28(22)26-18/h5-8,11-12H,9-10H2,1-4H3. The van der Waals surface area contributed by atoms with Crippen molar-refractivity contribution in [2.24, 2.45) is 7.05 Å². The van der Waals surface area contributed by atoms with Gasteiger partial charge in [0, 0.05) is 31.5 Å². The van der Waals surface area contributed by atoms with E-state index in [4.69, 9.17) is 9.97 Å². The summed E-state index contributed by atoms with van der Waals surface area (Å²) in [5, 5.41) is 7.10. The highest BCUT2D eigenvalue weighted by atomic mass is 15.3. The Labute approximate surface area is 162 Å². The molecule has 6 nitrogen and oxygen atoms in total. The van der Waals surface area contributed by atoms with Gasteiger partial charge in [-0.3, -0.25) is 4.98 Å². The topological polar surface area (TPSA) is 60.9 Å². The second-order valence-corrected chi connectivity index (χ2v) is 7.45. The van der Waals surface area contributed by atoms with Crippen LogP contribution in [0.2, 0.25) is 0 Å². The van der Waals surface area contributed by atoms with E-state index >= 15 is 0 Å². The van der Waals surface area contributed by atoms with Gasteiger partial charge < -0.3 is 4.57 Å². The number of imidazole rings is 1. The summed E-state index contributed by atoms with van der Waals surface area (Å²) in [5.41, 5.74) is 6.25. The average Bonchev–Trinajstić information content (AvgIpc) is 3.26. The molecule has 6 heteroatoms. The quantitative estimate of drug-likeness (QED) is 0.484. The Balaban J connectivity index is 1.55. The van der Waals surface area contributed by atoms with Crippen LogP contribution in [0.1, 0.15) is 28.6 Å². The Morgan fingerprint density at radius 1 is 1.00 bits per heavy atom. The molecule has 2 aromatic carbocycles. The van der Waals surface area contributed by atoms with E-state index in [1.54, 1.807) is 0 Å². The molecule has 0 amide bonds. The maximum absolute atomic E-state index is 4.99. The van der Waals surface area contributed by atoms with Crippen molar-refractivity contribution in [1.82, 2.24) is 29.1 Å². The third kappa shape index (κ3) is 2.48. The zero-order chi connectivity index (χ0) is 19.4. The molecule has 5 aromatic rings. The minimum Gasteiger partial charge on any atom is -0.331 e. The molecule has 0 aliphatic carbocycles. The highest BCUT2D eigenvalue weighted by Crippen LogP contribution is 2.28. The van der Waals surface area contributed by atoms with Crippen molar-refractivity contribution in [1.29, 1.82) is 0 Å². The molecule has 0 aliphatic rings. The first-order valence-electron chi connectivity index (χ1n) is 9.54. The fourth-order valence-electron chi connectivity index (χ4n) is 4.01. The summed E-state index contributed by atoms with van der Waals surface area (Å²) in [7, 11) is 2.10. The first-order chi connectivity index (χ1) is 13.5. The largest absolute Gasteiger partial charge is 0.331 e. The number of nitrogens with zero attached hydrogens (tertiary/aromatic N) is 6. The number of rotatable bonds is 3. The van der Waals surface area contributed by atoms with Gasteiger partial charge in [-0.25, -0.2) is 14.5 Å². The molecule has 3 heterocycles. The van der Waals surface area contributed by atoms with E-state index in [0.717, 1.165) is 47.0 Å².